The molecule has 1 aromatic carbocycles. The molecule has 1 heterocycles. The molecule has 0 aromatic heterocycles. The second-order valence-corrected chi connectivity index (χ2v) is 5.32. The number of nitrogens with zero attached hydrogens (tertiary/aromatic N) is 2. The summed E-state index contributed by atoms with van der Waals surface area (Å²) in [6.07, 6.45) is 0. The summed E-state index contributed by atoms with van der Waals surface area (Å²) in [7, 11) is 0. The van der Waals surface area contributed by atoms with Crippen LogP contribution in [0.5, 0.6) is 0 Å². The molecule has 0 unspecified atom stereocenters. The van der Waals surface area contributed by atoms with Crippen LogP contribution in [-0.2, 0) is 9.53 Å². The van der Waals surface area contributed by atoms with Crippen LogP contribution in [0, 0.1) is 17.2 Å². The first-order valence-electron chi connectivity index (χ1n) is 6.45. The van der Waals surface area contributed by atoms with Crippen molar-refractivity contribution < 1.29 is 9.53 Å². The minimum atomic E-state index is -1.02. The van der Waals surface area contributed by atoms with E-state index in [1.165, 1.54) is 0 Å². The van der Waals surface area contributed by atoms with E-state index < -0.39 is 5.92 Å². The van der Waals surface area contributed by atoms with Gasteiger partial charge in [0.25, 0.3) is 0 Å². The van der Waals surface area contributed by atoms with Crippen molar-refractivity contribution in [3.8, 4) is 6.07 Å². The number of hydrogen-bond acceptors (Lipinski definition) is 4. The highest BCUT2D eigenvalue weighted by atomic mass is 35.5. The number of benzene rings is 1. The SMILES string of the molecule is N#C[C@H](C(=O)N1CCOCC1)C(=S)Nc1ccccc1Cl. The Balaban J connectivity index is 2.06. The zero-order chi connectivity index (χ0) is 15.2. The van der Waals surface area contributed by atoms with E-state index in [1.54, 1.807) is 29.2 Å². The molecule has 1 saturated heterocycles. The van der Waals surface area contributed by atoms with Gasteiger partial charge in [-0.15, -0.1) is 0 Å². The number of morpholine rings is 1. The summed E-state index contributed by atoms with van der Waals surface area (Å²) in [5, 5.41) is 12.6. The van der Waals surface area contributed by atoms with Gasteiger partial charge in [0.15, 0.2) is 5.92 Å². The standard InChI is InChI=1S/C14H14ClN3O2S/c15-11-3-1-2-4-12(11)17-13(21)10(9-16)14(19)18-5-7-20-8-6-18/h1-4,10H,5-8H2,(H,17,21)/t10-/m0/s1. The average molecular weight is 324 g/mol. The van der Waals surface area contributed by atoms with Crippen LogP contribution in [-0.4, -0.2) is 42.1 Å². The number of para-hydroxylation sites is 1. The zero-order valence-corrected chi connectivity index (χ0v) is 12.8. The van der Waals surface area contributed by atoms with Gasteiger partial charge < -0.3 is 15.0 Å². The van der Waals surface area contributed by atoms with Crippen LogP contribution in [0.15, 0.2) is 24.3 Å². The van der Waals surface area contributed by atoms with E-state index in [-0.39, 0.29) is 10.9 Å². The number of nitrogens with one attached hydrogen (secondary N) is 1. The zero-order valence-electron chi connectivity index (χ0n) is 11.2. The minimum absolute atomic E-state index is 0.155. The first kappa shape index (κ1) is 15.7. The van der Waals surface area contributed by atoms with Gasteiger partial charge in [-0.3, -0.25) is 4.79 Å². The smallest absolute Gasteiger partial charge is 0.247 e. The monoisotopic (exact) mass is 323 g/mol. The number of thiocarbonyl (C=S) groups is 1. The Morgan fingerprint density at radius 1 is 1.43 bits per heavy atom. The number of carbonyl (C=O) groups excluding carboxylic acids is 1. The maximum absolute atomic E-state index is 12.3. The third-order valence-corrected chi connectivity index (χ3v) is 3.76. The van der Waals surface area contributed by atoms with Gasteiger partial charge in [0.2, 0.25) is 5.91 Å². The van der Waals surface area contributed by atoms with Crippen molar-refractivity contribution in [2.45, 2.75) is 0 Å². The molecule has 110 valence electrons. The number of ether oxygens (including phenoxy) is 1. The fraction of sp³-hybridized carbons (Fsp3) is 0.357. The number of carbonyl (C=O) groups is 1. The molecule has 1 aromatic rings. The summed E-state index contributed by atoms with van der Waals surface area (Å²) in [5.74, 6) is -1.32. The van der Waals surface area contributed by atoms with Crippen molar-refractivity contribution in [3.63, 3.8) is 0 Å². The highest BCUT2D eigenvalue weighted by Gasteiger charge is 2.29. The van der Waals surface area contributed by atoms with Crippen molar-refractivity contribution in [2.75, 3.05) is 31.6 Å². The Morgan fingerprint density at radius 3 is 2.71 bits per heavy atom. The van der Waals surface area contributed by atoms with E-state index in [0.29, 0.717) is 37.0 Å². The summed E-state index contributed by atoms with van der Waals surface area (Å²) >= 11 is 11.2. The van der Waals surface area contributed by atoms with Crippen molar-refractivity contribution in [3.05, 3.63) is 29.3 Å². The predicted octanol–water partition coefficient (Wildman–Crippen LogP) is 2.08. The summed E-state index contributed by atoms with van der Waals surface area (Å²) in [4.78, 5) is 14.1. The first-order chi connectivity index (χ1) is 10.1. The summed E-state index contributed by atoms with van der Waals surface area (Å²) in [6.45, 7) is 1.92. The quantitative estimate of drug-likeness (QED) is 0.863. The Bertz CT molecular complexity index is 582. The van der Waals surface area contributed by atoms with Gasteiger partial charge in [-0.25, -0.2) is 0 Å². The van der Waals surface area contributed by atoms with E-state index in [1.807, 2.05) is 6.07 Å². The maximum atomic E-state index is 12.3. The molecule has 0 spiro atoms. The third-order valence-electron chi connectivity index (χ3n) is 3.09. The van der Waals surface area contributed by atoms with Gasteiger partial charge >= 0.3 is 0 Å². The van der Waals surface area contributed by atoms with Crippen LogP contribution < -0.4 is 5.32 Å². The van der Waals surface area contributed by atoms with Gasteiger partial charge in [-0.05, 0) is 12.1 Å². The molecule has 21 heavy (non-hydrogen) atoms. The third kappa shape index (κ3) is 3.91. The van der Waals surface area contributed by atoms with Crippen LogP contribution in [0.2, 0.25) is 5.02 Å². The molecule has 0 bridgehead atoms. The van der Waals surface area contributed by atoms with E-state index in [2.05, 4.69) is 5.32 Å². The molecule has 1 N–H and O–H groups in total. The Hall–Kier alpha value is -1.68. The van der Waals surface area contributed by atoms with Gasteiger partial charge in [0, 0.05) is 13.1 Å². The van der Waals surface area contributed by atoms with Crippen molar-refractivity contribution >= 4 is 40.4 Å². The van der Waals surface area contributed by atoms with Crippen LogP contribution in [0.4, 0.5) is 5.69 Å². The topological polar surface area (TPSA) is 65.4 Å². The molecule has 2 rings (SSSR count). The Kier molecular flexibility index (Phi) is 5.51. The fourth-order valence-electron chi connectivity index (χ4n) is 1.96. The number of halogens is 1. The number of nitriles is 1. The minimum Gasteiger partial charge on any atom is -0.378 e. The lowest BCUT2D eigenvalue weighted by Crippen LogP contribution is -2.46. The molecule has 0 saturated carbocycles. The molecule has 0 radical (unpaired) electrons. The van der Waals surface area contributed by atoms with Crippen molar-refractivity contribution in [1.82, 2.24) is 4.90 Å². The molecule has 1 aliphatic heterocycles. The van der Waals surface area contributed by atoms with E-state index in [9.17, 15) is 10.1 Å². The number of rotatable bonds is 3. The molecule has 1 amide bonds. The lowest BCUT2D eigenvalue weighted by atomic mass is 10.1. The molecule has 1 fully saturated rings. The second-order valence-electron chi connectivity index (χ2n) is 4.47. The number of anilines is 1. The molecular weight excluding hydrogens is 310 g/mol. The van der Waals surface area contributed by atoms with Crippen LogP contribution in [0.3, 0.4) is 0 Å². The summed E-state index contributed by atoms with van der Waals surface area (Å²) in [6, 6.07) is 8.99. The molecular formula is C14H14ClN3O2S. The second kappa shape index (κ2) is 7.36. The highest BCUT2D eigenvalue weighted by molar-refractivity contribution is 7.80. The largest absolute Gasteiger partial charge is 0.378 e. The Morgan fingerprint density at radius 2 is 2.10 bits per heavy atom. The Labute approximate surface area is 133 Å². The lowest BCUT2D eigenvalue weighted by Gasteiger charge is -2.28. The van der Waals surface area contributed by atoms with Gasteiger partial charge in [-0.2, -0.15) is 5.26 Å². The normalized spacial score (nSPS) is 15.9. The predicted molar refractivity (Wildman–Crippen MR) is 84.2 cm³/mol. The highest BCUT2D eigenvalue weighted by Crippen LogP contribution is 2.22. The molecule has 7 heteroatoms. The van der Waals surface area contributed by atoms with Crippen LogP contribution in [0.25, 0.3) is 0 Å². The lowest BCUT2D eigenvalue weighted by molar-refractivity contribution is -0.135. The molecule has 1 aliphatic rings. The summed E-state index contributed by atoms with van der Waals surface area (Å²) in [5.41, 5.74) is 0.583. The van der Waals surface area contributed by atoms with E-state index in [0.717, 1.165) is 0 Å². The van der Waals surface area contributed by atoms with Crippen LogP contribution >= 0.6 is 23.8 Å². The first-order valence-corrected chi connectivity index (χ1v) is 7.23. The van der Waals surface area contributed by atoms with Gasteiger partial charge in [-0.1, -0.05) is 36.0 Å². The van der Waals surface area contributed by atoms with Gasteiger partial charge in [0.1, 0.15) is 4.99 Å². The summed E-state index contributed by atoms with van der Waals surface area (Å²) < 4.78 is 5.19. The number of hydrogen-bond donors (Lipinski definition) is 1. The van der Waals surface area contributed by atoms with Crippen molar-refractivity contribution in [1.29, 1.82) is 5.26 Å². The molecule has 0 aliphatic carbocycles. The molecule has 1 atom stereocenters. The number of amides is 1. The molecule has 5 nitrogen and oxygen atoms in total. The van der Waals surface area contributed by atoms with Crippen molar-refractivity contribution in [2.24, 2.45) is 5.92 Å². The fourth-order valence-corrected chi connectivity index (χ4v) is 2.41. The van der Waals surface area contributed by atoms with Crippen LogP contribution in [0.1, 0.15) is 0 Å². The van der Waals surface area contributed by atoms with E-state index >= 15 is 0 Å². The maximum Gasteiger partial charge on any atom is 0.247 e. The van der Waals surface area contributed by atoms with Gasteiger partial charge in [0.05, 0.1) is 30.0 Å². The average Bonchev–Trinajstić information content (AvgIpc) is 2.51. The van der Waals surface area contributed by atoms with E-state index in [4.69, 9.17) is 28.6 Å².